The van der Waals surface area contributed by atoms with Gasteiger partial charge >= 0.3 is 5.97 Å². The number of para-hydroxylation sites is 1. The van der Waals surface area contributed by atoms with Gasteiger partial charge in [0.1, 0.15) is 11.9 Å². The first-order valence-corrected chi connectivity index (χ1v) is 8.94. The lowest BCUT2D eigenvalue weighted by atomic mass is 9.90. The van der Waals surface area contributed by atoms with Gasteiger partial charge in [0, 0.05) is 5.92 Å². The van der Waals surface area contributed by atoms with Crippen molar-refractivity contribution < 1.29 is 23.1 Å². The molecule has 3 rings (SSSR count). The standard InChI is InChI=1S/C15H18O5S/c16-15(17)7-13(10-5-6-10)12-3-1-2-4-14(12)20-11-8-21(18,19)9-11/h1-4,10-11,13H,5-9H2,(H,16,17). The summed E-state index contributed by atoms with van der Waals surface area (Å²) >= 11 is 0. The van der Waals surface area contributed by atoms with Crippen molar-refractivity contribution in [2.24, 2.45) is 5.92 Å². The number of ether oxygens (including phenoxy) is 1. The third kappa shape index (κ3) is 3.37. The molecule has 1 aromatic rings. The van der Waals surface area contributed by atoms with E-state index in [1.165, 1.54) is 0 Å². The molecule has 2 aliphatic rings. The van der Waals surface area contributed by atoms with E-state index in [-0.39, 0.29) is 29.9 Å². The lowest BCUT2D eigenvalue weighted by Gasteiger charge is -2.28. The van der Waals surface area contributed by atoms with Crippen LogP contribution in [0.15, 0.2) is 24.3 Å². The van der Waals surface area contributed by atoms with E-state index in [1.807, 2.05) is 18.2 Å². The first kappa shape index (κ1) is 14.4. The smallest absolute Gasteiger partial charge is 0.303 e. The topological polar surface area (TPSA) is 80.7 Å². The molecule has 1 heterocycles. The molecule has 0 amide bonds. The summed E-state index contributed by atoms with van der Waals surface area (Å²) in [5.74, 6) is 0.276. The summed E-state index contributed by atoms with van der Waals surface area (Å²) < 4.78 is 28.2. The quantitative estimate of drug-likeness (QED) is 0.867. The number of hydrogen-bond acceptors (Lipinski definition) is 4. The summed E-state index contributed by atoms with van der Waals surface area (Å²) in [6, 6.07) is 7.40. The van der Waals surface area contributed by atoms with Crippen molar-refractivity contribution in [1.82, 2.24) is 0 Å². The van der Waals surface area contributed by atoms with Crippen LogP contribution in [0.25, 0.3) is 0 Å². The Morgan fingerprint density at radius 1 is 1.29 bits per heavy atom. The van der Waals surface area contributed by atoms with Crippen molar-refractivity contribution >= 4 is 15.8 Å². The summed E-state index contributed by atoms with van der Waals surface area (Å²) in [5, 5.41) is 9.10. The highest BCUT2D eigenvalue weighted by Gasteiger charge is 2.38. The SMILES string of the molecule is O=C(O)CC(c1ccccc1OC1CS(=O)(=O)C1)C1CC1. The summed E-state index contributed by atoms with van der Waals surface area (Å²) in [6.07, 6.45) is 1.88. The summed E-state index contributed by atoms with van der Waals surface area (Å²) in [5.41, 5.74) is 0.895. The molecule has 1 unspecified atom stereocenters. The van der Waals surface area contributed by atoms with E-state index in [9.17, 15) is 13.2 Å². The molecule has 1 saturated carbocycles. The molecule has 1 aliphatic heterocycles. The lowest BCUT2D eigenvalue weighted by molar-refractivity contribution is -0.137. The zero-order valence-electron chi connectivity index (χ0n) is 11.6. The molecule has 6 heteroatoms. The van der Waals surface area contributed by atoms with Gasteiger partial charge in [-0.1, -0.05) is 18.2 Å². The molecule has 1 saturated heterocycles. The van der Waals surface area contributed by atoms with Gasteiger partial charge in [-0.25, -0.2) is 8.42 Å². The number of carboxylic acid groups (broad SMARTS) is 1. The van der Waals surface area contributed by atoms with E-state index >= 15 is 0 Å². The lowest BCUT2D eigenvalue weighted by Crippen LogP contribution is -2.45. The predicted octanol–water partition coefficient (Wildman–Crippen LogP) is 1.83. The minimum absolute atomic E-state index is 0.0459. The monoisotopic (exact) mass is 310 g/mol. The van der Waals surface area contributed by atoms with Crippen LogP contribution >= 0.6 is 0 Å². The van der Waals surface area contributed by atoms with E-state index in [0.717, 1.165) is 18.4 Å². The van der Waals surface area contributed by atoms with Crippen LogP contribution in [0.3, 0.4) is 0 Å². The molecule has 21 heavy (non-hydrogen) atoms. The van der Waals surface area contributed by atoms with E-state index in [1.54, 1.807) is 6.07 Å². The fraction of sp³-hybridized carbons (Fsp3) is 0.533. The number of carbonyl (C=O) groups is 1. The second-order valence-electron chi connectivity index (χ2n) is 5.90. The minimum atomic E-state index is -2.93. The van der Waals surface area contributed by atoms with Gasteiger partial charge in [-0.3, -0.25) is 4.79 Å². The minimum Gasteiger partial charge on any atom is -0.488 e. The van der Waals surface area contributed by atoms with Crippen LogP contribution < -0.4 is 4.74 Å². The molecule has 0 spiro atoms. The fourth-order valence-corrected chi connectivity index (χ4v) is 4.05. The van der Waals surface area contributed by atoms with Crippen LogP contribution in [0.5, 0.6) is 5.75 Å². The zero-order valence-corrected chi connectivity index (χ0v) is 12.4. The molecule has 0 radical (unpaired) electrons. The van der Waals surface area contributed by atoms with Crippen molar-refractivity contribution in [1.29, 1.82) is 0 Å². The first-order chi connectivity index (χ1) is 9.94. The van der Waals surface area contributed by atoms with Crippen LogP contribution in [0.1, 0.15) is 30.7 Å². The van der Waals surface area contributed by atoms with Crippen LogP contribution in [-0.4, -0.2) is 37.1 Å². The molecule has 0 bridgehead atoms. The number of carboxylic acids is 1. The molecular formula is C15H18O5S. The van der Waals surface area contributed by atoms with Gasteiger partial charge in [0.05, 0.1) is 17.9 Å². The molecule has 2 fully saturated rings. The van der Waals surface area contributed by atoms with Crippen LogP contribution in [0.4, 0.5) is 0 Å². The highest BCUT2D eigenvalue weighted by Crippen LogP contribution is 2.47. The maximum absolute atomic E-state index is 11.2. The molecular weight excluding hydrogens is 292 g/mol. The van der Waals surface area contributed by atoms with Crippen molar-refractivity contribution in [2.45, 2.75) is 31.3 Å². The van der Waals surface area contributed by atoms with E-state index in [4.69, 9.17) is 9.84 Å². The fourth-order valence-electron chi connectivity index (χ4n) is 2.88. The highest BCUT2D eigenvalue weighted by atomic mass is 32.2. The number of benzene rings is 1. The average Bonchev–Trinajstić information content (AvgIpc) is 3.18. The molecule has 114 valence electrons. The molecule has 1 aliphatic carbocycles. The molecule has 0 aromatic heterocycles. The van der Waals surface area contributed by atoms with Crippen LogP contribution in [0, 0.1) is 5.92 Å². The van der Waals surface area contributed by atoms with E-state index in [0.29, 0.717) is 11.7 Å². The zero-order chi connectivity index (χ0) is 15.0. The maximum Gasteiger partial charge on any atom is 0.303 e. The Morgan fingerprint density at radius 2 is 1.95 bits per heavy atom. The maximum atomic E-state index is 11.2. The molecule has 1 N–H and O–H groups in total. The van der Waals surface area contributed by atoms with E-state index < -0.39 is 15.8 Å². The van der Waals surface area contributed by atoms with Gasteiger partial charge in [0.15, 0.2) is 9.84 Å². The first-order valence-electron chi connectivity index (χ1n) is 7.12. The number of rotatable bonds is 6. The van der Waals surface area contributed by atoms with Gasteiger partial charge in [0.2, 0.25) is 0 Å². The normalized spacial score (nSPS) is 22.3. The Hall–Kier alpha value is -1.56. The molecule has 5 nitrogen and oxygen atoms in total. The van der Waals surface area contributed by atoms with Crippen molar-refractivity contribution in [3.05, 3.63) is 29.8 Å². The third-order valence-corrected chi connectivity index (χ3v) is 5.84. The van der Waals surface area contributed by atoms with Gasteiger partial charge in [0.25, 0.3) is 0 Å². The second-order valence-corrected chi connectivity index (χ2v) is 8.05. The van der Waals surface area contributed by atoms with Crippen LogP contribution in [-0.2, 0) is 14.6 Å². The Balaban J connectivity index is 1.79. The van der Waals surface area contributed by atoms with Gasteiger partial charge in [-0.05, 0) is 30.4 Å². The number of hydrogen-bond donors (Lipinski definition) is 1. The molecule has 1 aromatic carbocycles. The van der Waals surface area contributed by atoms with Crippen molar-refractivity contribution in [3.8, 4) is 5.75 Å². The molecule has 1 atom stereocenters. The predicted molar refractivity (Wildman–Crippen MR) is 77.2 cm³/mol. The third-order valence-electron chi connectivity index (χ3n) is 4.08. The Kier molecular flexibility index (Phi) is 3.65. The van der Waals surface area contributed by atoms with Crippen molar-refractivity contribution in [2.75, 3.05) is 11.5 Å². The van der Waals surface area contributed by atoms with Crippen molar-refractivity contribution in [3.63, 3.8) is 0 Å². The largest absolute Gasteiger partial charge is 0.488 e. The van der Waals surface area contributed by atoms with Gasteiger partial charge in [-0.2, -0.15) is 0 Å². The van der Waals surface area contributed by atoms with E-state index in [2.05, 4.69) is 0 Å². The van der Waals surface area contributed by atoms with Crippen LogP contribution in [0.2, 0.25) is 0 Å². The Labute approximate surface area is 123 Å². The summed E-state index contributed by atoms with van der Waals surface area (Å²) in [7, 11) is -2.93. The Morgan fingerprint density at radius 3 is 2.52 bits per heavy atom. The second kappa shape index (κ2) is 5.33. The van der Waals surface area contributed by atoms with Gasteiger partial charge < -0.3 is 9.84 Å². The average molecular weight is 310 g/mol. The highest BCUT2D eigenvalue weighted by molar-refractivity contribution is 7.92. The summed E-state index contributed by atoms with van der Waals surface area (Å²) in [6.45, 7) is 0. The number of sulfone groups is 1. The number of aliphatic carboxylic acids is 1. The summed E-state index contributed by atoms with van der Waals surface area (Å²) in [4.78, 5) is 11.1. The Bertz CT molecular complexity index is 636. The van der Waals surface area contributed by atoms with Gasteiger partial charge in [-0.15, -0.1) is 0 Å².